The number of hydrogen-bond donors (Lipinski definition) is 0. The molecule has 0 atom stereocenters. The van der Waals surface area contributed by atoms with Crippen molar-refractivity contribution < 1.29 is 18.9 Å². The fourth-order valence-corrected chi connectivity index (χ4v) is 1.35. The normalized spacial score (nSPS) is 10.4. The minimum absolute atomic E-state index is 0.00497. The smallest absolute Gasteiger partial charge is 0.433 e. The minimum atomic E-state index is -0.673. The van der Waals surface area contributed by atoms with Crippen molar-refractivity contribution in [1.29, 1.82) is 0 Å². The number of esters is 1. The summed E-state index contributed by atoms with van der Waals surface area (Å²) in [7, 11) is 0. The Morgan fingerprint density at radius 2 is 2.37 bits per heavy atom. The third-order valence-corrected chi connectivity index (χ3v) is 2.12. The quantitative estimate of drug-likeness (QED) is 0.432. The number of rotatable bonds is 5. The van der Waals surface area contributed by atoms with E-state index in [2.05, 4.69) is 15.5 Å². The van der Waals surface area contributed by atoms with E-state index in [1.54, 1.807) is 6.92 Å². The molecule has 0 saturated heterocycles. The molecule has 100 valence electrons. The van der Waals surface area contributed by atoms with Gasteiger partial charge in [-0.05, 0) is 23.4 Å². The van der Waals surface area contributed by atoms with Gasteiger partial charge in [-0.2, -0.15) is 0 Å². The van der Waals surface area contributed by atoms with E-state index >= 15 is 0 Å². The van der Waals surface area contributed by atoms with Crippen LogP contribution < -0.4 is 0 Å². The first-order valence-electron chi connectivity index (χ1n) is 5.28. The highest BCUT2D eigenvalue weighted by molar-refractivity contribution is 5.85. The summed E-state index contributed by atoms with van der Waals surface area (Å²) in [5.74, 6) is -0.903. The lowest BCUT2D eigenvalue weighted by atomic mass is 10.4. The van der Waals surface area contributed by atoms with Gasteiger partial charge in [-0.25, -0.2) is 9.48 Å². The van der Waals surface area contributed by atoms with E-state index in [1.807, 2.05) is 0 Å². The topological polar surface area (TPSA) is 126 Å². The van der Waals surface area contributed by atoms with Crippen molar-refractivity contribution in [3.63, 3.8) is 0 Å². The molecule has 0 spiro atoms. The van der Waals surface area contributed by atoms with Crippen molar-refractivity contribution in [2.75, 3.05) is 6.61 Å². The van der Waals surface area contributed by atoms with E-state index in [9.17, 15) is 14.9 Å². The number of tetrazole rings is 1. The summed E-state index contributed by atoms with van der Waals surface area (Å²) in [6.07, 6.45) is 0. The number of furan rings is 1. The van der Waals surface area contributed by atoms with Crippen molar-refractivity contribution in [2.24, 2.45) is 0 Å². The molecule has 0 aromatic carbocycles. The van der Waals surface area contributed by atoms with Gasteiger partial charge in [-0.3, -0.25) is 10.1 Å². The number of nitrogens with zero attached hydrogens (tertiary/aromatic N) is 5. The van der Waals surface area contributed by atoms with Crippen LogP contribution >= 0.6 is 0 Å². The second-order valence-corrected chi connectivity index (χ2v) is 3.38. The van der Waals surface area contributed by atoms with E-state index in [0.717, 1.165) is 4.68 Å². The molecular formula is C9H9N5O5. The average Bonchev–Trinajstić information content (AvgIpc) is 2.99. The standard InChI is InChI=1S/C9H9N5O5/c1-2-18-9(15)8-10-11-12-13(8)5-6-3-4-7(19-6)14(16)17/h3-4H,2,5H2,1H3. The molecule has 0 N–H and O–H groups in total. The largest absolute Gasteiger partial charge is 0.460 e. The maximum Gasteiger partial charge on any atom is 0.433 e. The molecule has 2 heterocycles. The lowest BCUT2D eigenvalue weighted by Crippen LogP contribution is -2.15. The number of nitro groups is 1. The molecular weight excluding hydrogens is 258 g/mol. The third kappa shape index (κ3) is 2.73. The van der Waals surface area contributed by atoms with E-state index < -0.39 is 10.9 Å². The highest BCUT2D eigenvalue weighted by atomic mass is 16.6. The van der Waals surface area contributed by atoms with Crippen LogP contribution in [0.15, 0.2) is 16.5 Å². The van der Waals surface area contributed by atoms with Crippen LogP contribution in [0, 0.1) is 10.1 Å². The lowest BCUT2D eigenvalue weighted by Gasteiger charge is -2.01. The van der Waals surface area contributed by atoms with Gasteiger partial charge in [-0.1, -0.05) is 0 Å². The van der Waals surface area contributed by atoms with Crippen LogP contribution in [0.2, 0.25) is 0 Å². The van der Waals surface area contributed by atoms with Crippen LogP contribution in [0.25, 0.3) is 0 Å². The van der Waals surface area contributed by atoms with E-state index in [-0.39, 0.29) is 30.6 Å². The van der Waals surface area contributed by atoms with Gasteiger partial charge in [0.2, 0.25) is 0 Å². The van der Waals surface area contributed by atoms with Crippen LogP contribution in [-0.4, -0.2) is 37.7 Å². The molecule has 0 aliphatic rings. The SMILES string of the molecule is CCOC(=O)c1nnnn1Cc1ccc([N+](=O)[O-])o1. The summed E-state index contributed by atoms with van der Waals surface area (Å²) in [6, 6.07) is 2.62. The summed E-state index contributed by atoms with van der Waals surface area (Å²) in [4.78, 5) is 21.3. The molecule has 0 aliphatic heterocycles. The lowest BCUT2D eigenvalue weighted by molar-refractivity contribution is -0.402. The maximum atomic E-state index is 11.5. The predicted molar refractivity (Wildman–Crippen MR) is 58.2 cm³/mol. The molecule has 0 radical (unpaired) electrons. The number of carbonyl (C=O) groups is 1. The minimum Gasteiger partial charge on any atom is -0.460 e. The molecule has 2 aromatic heterocycles. The first-order chi connectivity index (χ1) is 9.11. The van der Waals surface area contributed by atoms with Crippen molar-refractivity contribution in [1.82, 2.24) is 20.2 Å². The molecule has 2 rings (SSSR count). The first kappa shape index (κ1) is 12.7. The Balaban J connectivity index is 2.17. The zero-order chi connectivity index (χ0) is 13.8. The summed E-state index contributed by atoms with van der Waals surface area (Å²) in [6.45, 7) is 1.84. The Bertz CT molecular complexity index is 604. The van der Waals surface area contributed by atoms with E-state index in [0.29, 0.717) is 0 Å². The van der Waals surface area contributed by atoms with Crippen LogP contribution in [0.5, 0.6) is 0 Å². The summed E-state index contributed by atoms with van der Waals surface area (Å²) < 4.78 is 10.9. The van der Waals surface area contributed by atoms with Gasteiger partial charge in [0.05, 0.1) is 12.7 Å². The van der Waals surface area contributed by atoms with Gasteiger partial charge in [-0.15, -0.1) is 5.10 Å². The van der Waals surface area contributed by atoms with E-state index in [4.69, 9.17) is 9.15 Å². The Morgan fingerprint density at radius 1 is 1.58 bits per heavy atom. The molecule has 19 heavy (non-hydrogen) atoms. The number of aromatic nitrogens is 4. The van der Waals surface area contributed by atoms with Gasteiger partial charge in [0.25, 0.3) is 5.82 Å². The highest BCUT2D eigenvalue weighted by Gasteiger charge is 2.19. The van der Waals surface area contributed by atoms with Crippen molar-refractivity contribution in [2.45, 2.75) is 13.5 Å². The highest BCUT2D eigenvalue weighted by Crippen LogP contribution is 2.16. The molecule has 10 nitrogen and oxygen atoms in total. The Morgan fingerprint density at radius 3 is 3.00 bits per heavy atom. The molecule has 0 fully saturated rings. The zero-order valence-corrected chi connectivity index (χ0v) is 9.85. The summed E-state index contributed by atoms with van der Waals surface area (Å²) in [5.41, 5.74) is 0. The second kappa shape index (κ2) is 5.25. The van der Waals surface area contributed by atoms with Gasteiger partial charge in [0.15, 0.2) is 0 Å². The number of ether oxygens (including phenoxy) is 1. The third-order valence-electron chi connectivity index (χ3n) is 2.12. The molecule has 10 heteroatoms. The molecule has 0 unspecified atom stereocenters. The van der Waals surface area contributed by atoms with Crippen molar-refractivity contribution in [3.8, 4) is 0 Å². The molecule has 0 bridgehead atoms. The van der Waals surface area contributed by atoms with Gasteiger partial charge in [0, 0.05) is 0 Å². The van der Waals surface area contributed by atoms with Crippen LogP contribution in [0.1, 0.15) is 23.3 Å². The van der Waals surface area contributed by atoms with Crippen LogP contribution in [0.4, 0.5) is 5.88 Å². The van der Waals surface area contributed by atoms with E-state index in [1.165, 1.54) is 12.1 Å². The fourth-order valence-electron chi connectivity index (χ4n) is 1.35. The van der Waals surface area contributed by atoms with Gasteiger partial charge in [0.1, 0.15) is 17.2 Å². The van der Waals surface area contributed by atoms with Crippen molar-refractivity contribution >= 4 is 11.9 Å². The van der Waals surface area contributed by atoms with Gasteiger partial charge >= 0.3 is 11.9 Å². The first-order valence-corrected chi connectivity index (χ1v) is 5.28. The molecule has 0 saturated carbocycles. The average molecular weight is 267 g/mol. The number of carbonyl (C=O) groups excluding carboxylic acids is 1. The van der Waals surface area contributed by atoms with Crippen LogP contribution in [-0.2, 0) is 11.3 Å². The van der Waals surface area contributed by atoms with Crippen LogP contribution in [0.3, 0.4) is 0 Å². The number of hydrogen-bond acceptors (Lipinski definition) is 8. The Labute approximate surface area is 106 Å². The molecule has 0 amide bonds. The molecule has 2 aromatic rings. The summed E-state index contributed by atoms with van der Waals surface area (Å²) in [5, 5.41) is 20.9. The fraction of sp³-hybridized carbons (Fsp3) is 0.333. The van der Waals surface area contributed by atoms with Crippen molar-refractivity contribution in [3.05, 3.63) is 33.8 Å². The monoisotopic (exact) mass is 267 g/mol. The molecule has 0 aliphatic carbocycles. The Kier molecular flexibility index (Phi) is 3.50. The maximum absolute atomic E-state index is 11.5. The summed E-state index contributed by atoms with van der Waals surface area (Å²) >= 11 is 0. The Hall–Kier alpha value is -2.78. The van der Waals surface area contributed by atoms with Gasteiger partial charge < -0.3 is 9.15 Å². The zero-order valence-electron chi connectivity index (χ0n) is 9.85. The second-order valence-electron chi connectivity index (χ2n) is 3.38. The predicted octanol–water partition coefficient (Wildman–Crippen LogP) is 0.399.